The fourth-order valence-electron chi connectivity index (χ4n) is 10.8. The van der Waals surface area contributed by atoms with Crippen molar-refractivity contribution in [1.29, 1.82) is 0 Å². The Kier molecular flexibility index (Phi) is 25.6. The summed E-state index contributed by atoms with van der Waals surface area (Å²) in [5.41, 5.74) is 0. The lowest BCUT2D eigenvalue weighted by molar-refractivity contribution is -0.392. The highest BCUT2D eigenvalue weighted by atomic mass is 32.3. The van der Waals surface area contributed by atoms with Gasteiger partial charge >= 0.3 is 16.4 Å². The third kappa shape index (κ3) is 17.1. The second-order valence-electron chi connectivity index (χ2n) is 21.7. The van der Waals surface area contributed by atoms with Crippen LogP contribution in [0.1, 0.15) is 41.0 Å². The van der Waals surface area contributed by atoms with Gasteiger partial charge in [0, 0.05) is 34.1 Å². The van der Waals surface area contributed by atoms with E-state index in [-0.39, 0.29) is 0 Å². The molecule has 6 aliphatic rings. The monoisotopic (exact) mass is 1310 g/mol. The summed E-state index contributed by atoms with van der Waals surface area (Å²) in [6.07, 6.45) is -54.9. The summed E-state index contributed by atoms with van der Waals surface area (Å²) in [6, 6.07) is -7.19. The van der Waals surface area contributed by atoms with E-state index in [2.05, 4.69) is 25.5 Å². The van der Waals surface area contributed by atoms with Gasteiger partial charge in [-0.15, -0.1) is 0 Å². The molecule has 0 aromatic heterocycles. The fraction of sp³-hybridized carbons (Fsp3) is 0.894. The van der Waals surface area contributed by atoms with Crippen molar-refractivity contribution in [1.82, 2.24) is 21.3 Å². The first-order chi connectivity index (χ1) is 41.1. The van der Waals surface area contributed by atoms with E-state index in [1.54, 1.807) is 0 Å². The Morgan fingerprint density at radius 1 is 0.545 bits per heavy atom. The third-order valence-corrected chi connectivity index (χ3v) is 15.6. The maximum absolute atomic E-state index is 13.2. The first-order valence-corrected chi connectivity index (χ1v) is 28.6. The number of nitrogens with one attached hydrogen (secondary N) is 4. The Morgan fingerprint density at radius 2 is 1.06 bits per heavy atom. The van der Waals surface area contributed by atoms with Crippen LogP contribution >= 0.6 is 0 Å². The minimum atomic E-state index is -5.20. The van der Waals surface area contributed by atoms with Crippen LogP contribution in [0.2, 0.25) is 0 Å². The van der Waals surface area contributed by atoms with Crippen LogP contribution in [0.4, 0.5) is 0 Å². The molecule has 0 spiro atoms. The molecule has 31 atom stereocenters. The summed E-state index contributed by atoms with van der Waals surface area (Å²) in [5, 5.41) is 185. The molecule has 0 aromatic carbocycles. The largest absolute Gasteiger partial charge is 0.477 e. The molecule has 0 bridgehead atoms. The van der Waals surface area contributed by atoms with Gasteiger partial charge in [-0.3, -0.25) is 23.7 Å². The number of aliphatic carboxylic acids is 1. The average Bonchev–Trinajstić information content (AvgIpc) is 2.08. The van der Waals surface area contributed by atoms with E-state index in [9.17, 15) is 119 Å². The van der Waals surface area contributed by atoms with Gasteiger partial charge in [0.15, 0.2) is 31.5 Å². The molecule has 40 nitrogen and oxygen atoms in total. The number of carboxylic acid groups (broad SMARTS) is 1. The first kappa shape index (κ1) is 73.2. The Hall–Kier alpha value is -3.82. The second-order valence-corrected chi connectivity index (χ2v) is 22.8. The minimum absolute atomic E-state index is 0.854. The Balaban J connectivity index is 1.35. The second kappa shape index (κ2) is 30.7. The third-order valence-electron chi connectivity index (χ3n) is 15.2. The van der Waals surface area contributed by atoms with Crippen LogP contribution in [0.3, 0.4) is 0 Å². The number of ether oxygens (including phenoxy) is 11. The van der Waals surface area contributed by atoms with E-state index in [1.165, 1.54) is 6.92 Å². The minimum Gasteiger partial charge on any atom is -0.477 e. The zero-order valence-electron chi connectivity index (χ0n) is 47.3. The SMILES string of the molecule is CC(=O)N[C@@H]1[C@@H](O[C@@H]2O[C@H](COS(=O)(=O)O)[C@@H](O)[C@H](O)[C@H]2NC(C)=O)[C@@H](O)[C@@H](CO[C@@H]2O[C@H](CO)[C@@H](O[C@@H]3O[C@H](CO)[C@H](O)[C@H](O[C@]4(C(=O)O)C[C@H](O)[C@@H](NC(C)=O)[C@H]([C@H](O)[C@H](O)CO)O4)[C@H]3O)[C@H](O[C@@H]3O[C@@H](C)[C@@H](O)[C@@H](O)[C@@H]3O)[C@H]2NC(C)=O)O[C@H]1O. The lowest BCUT2D eigenvalue weighted by Gasteiger charge is -2.52. The number of aliphatic hydroxyl groups is 15. The summed E-state index contributed by atoms with van der Waals surface area (Å²) >= 11 is 0. The highest BCUT2D eigenvalue weighted by Gasteiger charge is 2.62. The molecule has 6 aliphatic heterocycles. The number of amides is 4. The van der Waals surface area contributed by atoms with Gasteiger partial charge in [0.05, 0.1) is 51.3 Å². The smallest absolute Gasteiger partial charge is 0.397 e. The molecule has 508 valence electrons. The maximum atomic E-state index is 13.2. The van der Waals surface area contributed by atoms with Crippen molar-refractivity contribution < 1.29 is 175 Å². The van der Waals surface area contributed by atoms with Crippen LogP contribution in [-0.4, -0.2) is 347 Å². The number of carbonyl (C=O) groups excluding carboxylic acids is 4. The topological polar surface area (TPSA) is 622 Å². The number of aliphatic hydroxyl groups excluding tert-OH is 15. The van der Waals surface area contributed by atoms with E-state index in [0.29, 0.717) is 0 Å². The molecule has 6 rings (SSSR count). The molecule has 6 saturated heterocycles. The molecule has 0 radical (unpaired) electrons. The average molecular weight is 1310 g/mol. The van der Waals surface area contributed by atoms with Crippen LogP contribution < -0.4 is 21.3 Å². The van der Waals surface area contributed by atoms with Gasteiger partial charge in [-0.1, -0.05) is 0 Å². The van der Waals surface area contributed by atoms with E-state index in [1.807, 2.05) is 0 Å². The predicted octanol–water partition coefficient (Wildman–Crippen LogP) is -13.5. The lowest BCUT2D eigenvalue weighted by Crippen LogP contribution is -2.71. The maximum Gasteiger partial charge on any atom is 0.397 e. The molecular weight excluding hydrogens is 1230 g/mol. The summed E-state index contributed by atoms with van der Waals surface area (Å²) in [7, 11) is -5.20. The highest BCUT2D eigenvalue weighted by Crippen LogP contribution is 2.40. The lowest BCUT2D eigenvalue weighted by atomic mass is 9.88. The Labute approximate surface area is 498 Å². The summed E-state index contributed by atoms with van der Waals surface area (Å²) < 4.78 is 101. The van der Waals surface area contributed by atoms with Gasteiger partial charge in [-0.05, 0) is 6.92 Å². The molecular formula is C47H78N4O36S. The van der Waals surface area contributed by atoms with Crippen molar-refractivity contribution in [2.45, 2.75) is 231 Å². The number of rotatable bonds is 24. The van der Waals surface area contributed by atoms with Crippen molar-refractivity contribution in [2.75, 3.05) is 33.0 Å². The number of carbonyl (C=O) groups is 5. The molecule has 4 amide bonds. The van der Waals surface area contributed by atoms with Gasteiger partial charge < -0.3 is 155 Å². The van der Waals surface area contributed by atoms with Gasteiger partial charge in [0.1, 0.15) is 134 Å². The van der Waals surface area contributed by atoms with Crippen molar-refractivity contribution in [3.8, 4) is 0 Å². The molecule has 0 unspecified atom stereocenters. The quantitative estimate of drug-likeness (QED) is 0.0399. The van der Waals surface area contributed by atoms with Crippen molar-refractivity contribution in [2.24, 2.45) is 0 Å². The molecule has 6 fully saturated rings. The van der Waals surface area contributed by atoms with Crippen molar-refractivity contribution >= 4 is 40.0 Å². The van der Waals surface area contributed by atoms with Gasteiger partial charge in [-0.2, -0.15) is 8.42 Å². The van der Waals surface area contributed by atoms with E-state index in [0.717, 1.165) is 27.7 Å². The summed E-state index contributed by atoms with van der Waals surface area (Å²) in [4.78, 5) is 63.4. The molecule has 0 aliphatic carbocycles. The molecule has 0 aromatic rings. The van der Waals surface area contributed by atoms with Crippen molar-refractivity contribution in [3.05, 3.63) is 0 Å². The van der Waals surface area contributed by atoms with Gasteiger partial charge in [-0.25, -0.2) is 8.98 Å². The zero-order chi connectivity index (χ0) is 65.8. The molecule has 6 heterocycles. The highest BCUT2D eigenvalue weighted by molar-refractivity contribution is 7.80. The van der Waals surface area contributed by atoms with Gasteiger partial charge in [0.25, 0.3) is 5.79 Å². The van der Waals surface area contributed by atoms with Crippen molar-refractivity contribution in [3.63, 3.8) is 0 Å². The number of hydrogen-bond donors (Lipinski definition) is 21. The van der Waals surface area contributed by atoms with Crippen LogP contribution in [0.15, 0.2) is 0 Å². The fourth-order valence-corrected chi connectivity index (χ4v) is 11.1. The summed E-state index contributed by atoms with van der Waals surface area (Å²) in [5.74, 6) is -8.94. The van der Waals surface area contributed by atoms with E-state index in [4.69, 9.17) is 52.1 Å². The zero-order valence-corrected chi connectivity index (χ0v) is 48.1. The number of carboxylic acids is 1. The molecule has 41 heteroatoms. The Morgan fingerprint density at radius 3 is 1.62 bits per heavy atom. The standard InChI is InChI=1S/C47H78N4O36S/c1-12-27(61)33(67)34(68)44(78-12)85-39-26(51-16(5)58)42(76-10-21-31(65)37(25(41(70)79-21)50-15(4)57)84-43-24(49-14(3)56)32(66)29(63)22(82-43)11-77-88(73,74)75)81-20(9-54)36(39)83-45-35(69)40(30(64)19(8-53)80-45)87-47(46(71)72)6-17(59)23(48-13(2)55)38(86-47)28(62)18(60)7-52/h12,17-45,52-54,59-70H,6-11H2,1-5H3,(H,48,55)(H,49,56)(H,50,57)(H,51,58)(H,71,72)(H,73,74,75)/t12-,17-,18+,19+,20+,21+,22+,23+,24+,25+,26+,27+,28+,29+,30-,31-,32+,33+,34-,35+,36+,37+,38+,39+,40-,41+,42+,43-,44-,45-,47-/m0/s1. The van der Waals surface area contributed by atoms with Crippen LogP contribution in [0.5, 0.6) is 0 Å². The molecule has 21 N–H and O–H groups in total. The normalized spacial score (nSPS) is 44.0. The predicted molar refractivity (Wildman–Crippen MR) is 272 cm³/mol. The van der Waals surface area contributed by atoms with E-state index < -0.39 is 269 Å². The summed E-state index contributed by atoms with van der Waals surface area (Å²) in [6.45, 7) is -0.649. The van der Waals surface area contributed by atoms with Crippen LogP contribution in [0, 0.1) is 0 Å². The first-order valence-electron chi connectivity index (χ1n) is 27.2. The van der Waals surface area contributed by atoms with E-state index >= 15 is 0 Å². The number of hydrogen-bond acceptors (Lipinski definition) is 34. The molecule has 88 heavy (non-hydrogen) atoms. The Bertz CT molecular complexity index is 2460. The van der Waals surface area contributed by atoms with Crippen LogP contribution in [0.25, 0.3) is 0 Å². The molecule has 0 saturated carbocycles. The van der Waals surface area contributed by atoms with Gasteiger partial charge in [0.2, 0.25) is 23.6 Å². The van der Waals surface area contributed by atoms with Crippen LogP contribution in [-0.2, 0) is 90.7 Å².